The number of carbonyl (C=O) groups excluding carboxylic acids is 1. The quantitative estimate of drug-likeness (QED) is 0.642. The summed E-state index contributed by atoms with van der Waals surface area (Å²) in [5, 5.41) is 0. The van der Waals surface area contributed by atoms with Crippen LogP contribution in [-0.2, 0) is 9.22 Å². The smallest absolute Gasteiger partial charge is 0.308 e. The molecule has 0 aromatic heterocycles. The Labute approximate surface area is 129 Å². The lowest BCUT2D eigenvalue weighted by atomic mass is 10.2. The van der Waals surface area contributed by atoms with Crippen molar-refractivity contribution in [1.82, 2.24) is 4.23 Å². The van der Waals surface area contributed by atoms with Crippen LogP contribution in [0.2, 0.25) is 58.9 Å². The molecule has 1 atom stereocenters. The van der Waals surface area contributed by atoms with E-state index in [-0.39, 0.29) is 12.0 Å². The van der Waals surface area contributed by atoms with E-state index in [2.05, 4.69) is 70.1 Å². The highest BCUT2D eigenvalue weighted by Gasteiger charge is 2.43. The van der Waals surface area contributed by atoms with E-state index in [1.807, 2.05) is 0 Å². The Morgan fingerprint density at radius 2 is 1.35 bits per heavy atom. The number of carbonyl (C=O) groups is 1. The van der Waals surface area contributed by atoms with Crippen LogP contribution in [0, 0.1) is 0 Å². The second kappa shape index (κ2) is 6.89. The summed E-state index contributed by atoms with van der Waals surface area (Å²) < 4.78 is 8.42. The molecule has 1 unspecified atom stereocenters. The van der Waals surface area contributed by atoms with E-state index in [1.54, 1.807) is 0 Å². The molecule has 0 spiro atoms. The molecule has 0 rings (SSSR count). The molecule has 20 heavy (non-hydrogen) atoms. The van der Waals surface area contributed by atoms with Crippen LogP contribution >= 0.6 is 0 Å². The largest absolute Gasteiger partial charge is 0.519 e. The first kappa shape index (κ1) is 20.1. The maximum Gasteiger partial charge on any atom is 0.308 e. The van der Waals surface area contributed by atoms with E-state index >= 15 is 0 Å². The maximum atomic E-state index is 12.7. The normalized spacial score (nSPS) is 15.3. The molecule has 0 saturated carbocycles. The average molecular weight is 334 g/mol. The third kappa shape index (κ3) is 6.69. The van der Waals surface area contributed by atoms with E-state index in [9.17, 15) is 4.79 Å². The Bertz CT molecular complexity index is 313. The third-order valence-electron chi connectivity index (χ3n) is 3.00. The van der Waals surface area contributed by atoms with Gasteiger partial charge in [-0.15, -0.1) is 0 Å². The van der Waals surface area contributed by atoms with Crippen molar-refractivity contribution in [1.29, 1.82) is 0 Å². The Morgan fingerprint density at radius 3 is 1.60 bits per heavy atom. The van der Waals surface area contributed by atoms with Gasteiger partial charge in [0.05, 0.1) is 6.04 Å². The molecule has 0 fully saturated rings. The fraction of sp³-hybridized carbons (Fsp3) is 0.929. The molecule has 0 aliphatic heterocycles. The Kier molecular flexibility index (Phi) is 6.92. The van der Waals surface area contributed by atoms with Gasteiger partial charge in [-0.1, -0.05) is 52.6 Å². The molecule has 3 nitrogen and oxygen atoms in total. The molecule has 0 heterocycles. The van der Waals surface area contributed by atoms with Gasteiger partial charge < -0.3 is 8.66 Å². The number of rotatable bonds is 7. The van der Waals surface area contributed by atoms with Gasteiger partial charge in [0.1, 0.15) is 16.5 Å². The van der Waals surface area contributed by atoms with Crippen LogP contribution < -0.4 is 0 Å². The number of hydrogen-bond donors (Lipinski definition) is 0. The third-order valence-corrected chi connectivity index (χ3v) is 11.4. The molecular formula is C14H35NO2Si3. The first-order valence-electron chi connectivity index (χ1n) is 7.72. The lowest BCUT2D eigenvalue weighted by molar-refractivity contribution is -0.138. The molecule has 0 radical (unpaired) electrons. The van der Waals surface area contributed by atoms with Gasteiger partial charge in [-0.2, -0.15) is 0 Å². The lowest BCUT2D eigenvalue weighted by Crippen LogP contribution is -2.65. The Balaban J connectivity index is 5.46. The molecule has 0 aromatic rings. The summed E-state index contributed by atoms with van der Waals surface area (Å²) in [6.45, 7) is 22.5. The van der Waals surface area contributed by atoms with Crippen molar-refractivity contribution in [3.05, 3.63) is 0 Å². The summed E-state index contributed by atoms with van der Waals surface area (Å²) in [6.07, 6.45) is 1.94. The maximum absolute atomic E-state index is 12.7. The van der Waals surface area contributed by atoms with Crippen molar-refractivity contribution in [2.45, 2.75) is 84.7 Å². The van der Waals surface area contributed by atoms with Crippen LogP contribution in [0.4, 0.5) is 0 Å². The molecule has 0 aliphatic carbocycles. The highest BCUT2D eigenvalue weighted by atomic mass is 28.4. The van der Waals surface area contributed by atoms with Crippen molar-refractivity contribution in [2.75, 3.05) is 0 Å². The standard InChI is InChI=1S/C14H35NO2Si3/c1-11-12-13(14(16)17-20(8,9)10)15(18(2,3)4)19(5,6)7/h13H,11-12H2,1-10H3. The van der Waals surface area contributed by atoms with Crippen LogP contribution in [0.3, 0.4) is 0 Å². The minimum absolute atomic E-state index is 0.0240. The van der Waals surface area contributed by atoms with Gasteiger partial charge >= 0.3 is 5.97 Å². The summed E-state index contributed by atoms with van der Waals surface area (Å²) in [6, 6.07) is -0.0370. The van der Waals surface area contributed by atoms with Crippen molar-refractivity contribution >= 4 is 30.8 Å². The second-order valence-corrected chi connectivity index (χ2v) is 23.1. The van der Waals surface area contributed by atoms with Gasteiger partial charge in [-0.05, 0) is 26.1 Å². The summed E-state index contributed by atoms with van der Waals surface area (Å²) >= 11 is 0. The van der Waals surface area contributed by atoms with Gasteiger partial charge in [0.2, 0.25) is 8.32 Å². The molecule has 0 aromatic carbocycles. The minimum Gasteiger partial charge on any atom is -0.519 e. The molecular weight excluding hydrogens is 298 g/mol. The van der Waals surface area contributed by atoms with Gasteiger partial charge in [0, 0.05) is 0 Å². The van der Waals surface area contributed by atoms with Crippen LogP contribution in [-0.4, -0.2) is 41.0 Å². The van der Waals surface area contributed by atoms with Crippen molar-refractivity contribution in [3.8, 4) is 0 Å². The number of nitrogens with zero attached hydrogens (tertiary/aromatic N) is 1. The Morgan fingerprint density at radius 1 is 0.950 bits per heavy atom. The minimum atomic E-state index is -1.82. The predicted octanol–water partition coefficient (Wildman–Crippen LogP) is 4.51. The van der Waals surface area contributed by atoms with Gasteiger partial charge in [-0.3, -0.25) is 4.79 Å². The zero-order valence-corrected chi connectivity index (χ0v) is 18.3. The molecule has 0 bridgehead atoms. The van der Waals surface area contributed by atoms with E-state index in [1.165, 1.54) is 0 Å². The van der Waals surface area contributed by atoms with E-state index in [0.717, 1.165) is 12.8 Å². The van der Waals surface area contributed by atoms with Crippen molar-refractivity contribution < 1.29 is 9.22 Å². The zero-order chi connectivity index (χ0) is 16.4. The summed E-state index contributed by atoms with van der Waals surface area (Å²) in [5.74, 6) is 0.0240. The molecule has 0 saturated heterocycles. The highest BCUT2D eigenvalue weighted by molar-refractivity contribution is 6.89. The molecule has 0 aliphatic rings. The Hall–Kier alpha value is 0.0806. The van der Waals surface area contributed by atoms with Crippen molar-refractivity contribution in [3.63, 3.8) is 0 Å². The van der Waals surface area contributed by atoms with Crippen molar-refractivity contribution in [2.24, 2.45) is 0 Å². The number of hydrogen-bond acceptors (Lipinski definition) is 3. The summed E-state index contributed by atoms with van der Waals surface area (Å²) in [7, 11) is -4.92. The fourth-order valence-corrected chi connectivity index (χ4v) is 14.1. The lowest BCUT2D eigenvalue weighted by Gasteiger charge is -2.48. The van der Waals surface area contributed by atoms with Gasteiger partial charge in [0.25, 0.3) is 0 Å². The van der Waals surface area contributed by atoms with E-state index < -0.39 is 24.8 Å². The first-order chi connectivity index (χ1) is 8.70. The summed E-state index contributed by atoms with van der Waals surface area (Å²) in [4.78, 5) is 12.7. The molecule has 120 valence electrons. The average Bonchev–Trinajstić information content (AvgIpc) is 2.09. The van der Waals surface area contributed by atoms with Gasteiger partial charge in [-0.25, -0.2) is 0 Å². The van der Waals surface area contributed by atoms with E-state index in [4.69, 9.17) is 4.43 Å². The fourth-order valence-electron chi connectivity index (χ4n) is 2.94. The monoisotopic (exact) mass is 333 g/mol. The highest BCUT2D eigenvalue weighted by Crippen LogP contribution is 2.26. The van der Waals surface area contributed by atoms with Gasteiger partial charge in [0.15, 0.2) is 0 Å². The molecule has 0 N–H and O–H groups in total. The molecule has 0 amide bonds. The zero-order valence-electron chi connectivity index (χ0n) is 15.3. The predicted molar refractivity (Wildman–Crippen MR) is 96.7 cm³/mol. The molecule has 6 heteroatoms. The van der Waals surface area contributed by atoms with Crippen LogP contribution in [0.25, 0.3) is 0 Å². The van der Waals surface area contributed by atoms with Crippen LogP contribution in [0.1, 0.15) is 19.8 Å². The SMILES string of the molecule is CCCC(C(=O)O[Si](C)(C)C)N([Si](C)(C)C)[Si](C)(C)C. The van der Waals surface area contributed by atoms with Crippen LogP contribution in [0.5, 0.6) is 0 Å². The summed E-state index contributed by atoms with van der Waals surface area (Å²) in [5.41, 5.74) is 0. The topological polar surface area (TPSA) is 29.5 Å². The van der Waals surface area contributed by atoms with Crippen LogP contribution in [0.15, 0.2) is 0 Å². The first-order valence-corrected chi connectivity index (χ1v) is 18.0. The van der Waals surface area contributed by atoms with E-state index in [0.29, 0.717) is 0 Å². The second-order valence-electron chi connectivity index (χ2n) is 8.55.